The zero-order valence-electron chi connectivity index (χ0n) is 11.5. The molecule has 0 aromatic heterocycles. The Morgan fingerprint density at radius 3 is 2.80 bits per heavy atom. The molecular formula is C17H17NO2. The van der Waals surface area contributed by atoms with Crippen molar-refractivity contribution in [2.24, 2.45) is 0 Å². The van der Waals surface area contributed by atoms with Crippen molar-refractivity contribution in [3.05, 3.63) is 59.7 Å². The van der Waals surface area contributed by atoms with E-state index in [9.17, 15) is 4.79 Å². The highest BCUT2D eigenvalue weighted by Crippen LogP contribution is 2.28. The Bertz CT molecular complexity index is 622. The fraction of sp³-hybridized carbons (Fsp3) is 0.235. The largest absolute Gasteiger partial charge is 0.484 e. The maximum atomic E-state index is 12.3. The molecule has 0 saturated carbocycles. The Labute approximate surface area is 118 Å². The van der Waals surface area contributed by atoms with Gasteiger partial charge in [0.2, 0.25) is 0 Å². The van der Waals surface area contributed by atoms with Gasteiger partial charge < -0.3 is 9.64 Å². The summed E-state index contributed by atoms with van der Waals surface area (Å²) in [5.74, 6) is 0.737. The van der Waals surface area contributed by atoms with E-state index in [0.717, 1.165) is 24.4 Å². The predicted octanol–water partition coefficient (Wildman–Crippen LogP) is 2.96. The first-order chi connectivity index (χ1) is 9.74. The van der Waals surface area contributed by atoms with Crippen molar-refractivity contribution in [1.82, 2.24) is 0 Å². The highest BCUT2D eigenvalue weighted by Gasteiger charge is 2.24. The fourth-order valence-electron chi connectivity index (χ4n) is 2.53. The van der Waals surface area contributed by atoms with Crippen LogP contribution in [0.25, 0.3) is 0 Å². The normalized spacial score (nSPS) is 13.2. The number of carbonyl (C=O) groups excluding carboxylic acids is 1. The van der Waals surface area contributed by atoms with Crippen molar-refractivity contribution in [3.8, 4) is 5.75 Å². The Kier molecular flexibility index (Phi) is 3.42. The van der Waals surface area contributed by atoms with Crippen LogP contribution in [0.15, 0.2) is 48.5 Å². The smallest absolute Gasteiger partial charge is 0.264 e. The van der Waals surface area contributed by atoms with Crippen LogP contribution in [-0.4, -0.2) is 19.1 Å². The quantitative estimate of drug-likeness (QED) is 0.855. The topological polar surface area (TPSA) is 29.5 Å². The van der Waals surface area contributed by atoms with Gasteiger partial charge in [-0.15, -0.1) is 0 Å². The molecule has 0 atom stereocenters. The van der Waals surface area contributed by atoms with Crippen LogP contribution in [0.4, 0.5) is 5.69 Å². The van der Waals surface area contributed by atoms with E-state index in [1.165, 1.54) is 11.1 Å². The molecule has 0 fully saturated rings. The maximum absolute atomic E-state index is 12.3. The molecule has 1 heterocycles. The standard InChI is InChI=1S/C17H17NO2/c1-13-7-8-16-14(11-13)9-10-18(16)17(19)12-20-15-5-3-2-4-6-15/h2-8,11H,9-10,12H2,1H3. The highest BCUT2D eigenvalue weighted by atomic mass is 16.5. The Morgan fingerprint density at radius 2 is 2.00 bits per heavy atom. The lowest BCUT2D eigenvalue weighted by Crippen LogP contribution is -2.33. The van der Waals surface area contributed by atoms with Crippen LogP contribution in [0.1, 0.15) is 11.1 Å². The van der Waals surface area contributed by atoms with Crippen molar-refractivity contribution in [2.75, 3.05) is 18.1 Å². The summed E-state index contributed by atoms with van der Waals surface area (Å²) < 4.78 is 5.53. The molecule has 3 rings (SSSR count). The molecule has 2 aromatic carbocycles. The molecule has 102 valence electrons. The van der Waals surface area contributed by atoms with Gasteiger partial charge in [0.1, 0.15) is 5.75 Å². The number of anilines is 1. The molecule has 0 saturated heterocycles. The van der Waals surface area contributed by atoms with Crippen molar-refractivity contribution >= 4 is 11.6 Å². The molecule has 1 aliphatic heterocycles. The second kappa shape index (κ2) is 5.37. The molecule has 0 spiro atoms. The molecule has 2 aromatic rings. The van der Waals surface area contributed by atoms with E-state index in [1.807, 2.05) is 47.4 Å². The van der Waals surface area contributed by atoms with E-state index in [4.69, 9.17) is 4.74 Å². The number of aryl methyl sites for hydroxylation is 1. The van der Waals surface area contributed by atoms with E-state index in [2.05, 4.69) is 13.0 Å². The summed E-state index contributed by atoms with van der Waals surface area (Å²) in [5.41, 5.74) is 3.51. The zero-order chi connectivity index (χ0) is 13.9. The van der Waals surface area contributed by atoms with Crippen LogP contribution in [0.5, 0.6) is 5.75 Å². The van der Waals surface area contributed by atoms with Gasteiger partial charge in [0.05, 0.1) is 0 Å². The summed E-state index contributed by atoms with van der Waals surface area (Å²) in [7, 11) is 0. The lowest BCUT2D eigenvalue weighted by atomic mass is 10.1. The average Bonchev–Trinajstić information content (AvgIpc) is 2.89. The van der Waals surface area contributed by atoms with Crippen molar-refractivity contribution in [3.63, 3.8) is 0 Å². The minimum atomic E-state index is 0.0106. The number of amides is 1. The Hall–Kier alpha value is -2.29. The van der Waals surface area contributed by atoms with Crippen LogP contribution < -0.4 is 9.64 Å². The van der Waals surface area contributed by atoms with Gasteiger partial charge in [-0.1, -0.05) is 35.9 Å². The molecule has 1 aliphatic rings. The van der Waals surface area contributed by atoms with E-state index >= 15 is 0 Å². The molecule has 0 N–H and O–H groups in total. The molecule has 3 heteroatoms. The average molecular weight is 267 g/mol. The molecule has 0 unspecified atom stereocenters. The summed E-state index contributed by atoms with van der Waals surface area (Å²) >= 11 is 0. The lowest BCUT2D eigenvalue weighted by molar-refractivity contribution is -0.120. The van der Waals surface area contributed by atoms with Gasteiger partial charge in [0, 0.05) is 12.2 Å². The van der Waals surface area contributed by atoms with Gasteiger partial charge in [-0.3, -0.25) is 4.79 Å². The van der Waals surface area contributed by atoms with E-state index < -0.39 is 0 Å². The summed E-state index contributed by atoms with van der Waals surface area (Å²) in [5, 5.41) is 0. The number of hydrogen-bond donors (Lipinski definition) is 0. The van der Waals surface area contributed by atoms with Crippen LogP contribution in [0, 0.1) is 6.92 Å². The molecule has 0 radical (unpaired) electrons. The monoisotopic (exact) mass is 267 g/mol. The van der Waals surface area contributed by atoms with Gasteiger partial charge in [0.25, 0.3) is 5.91 Å². The first-order valence-corrected chi connectivity index (χ1v) is 6.82. The van der Waals surface area contributed by atoms with Crippen LogP contribution in [0.3, 0.4) is 0 Å². The van der Waals surface area contributed by atoms with Crippen molar-refractivity contribution in [2.45, 2.75) is 13.3 Å². The Morgan fingerprint density at radius 1 is 1.20 bits per heavy atom. The van der Waals surface area contributed by atoms with Crippen LogP contribution in [0.2, 0.25) is 0 Å². The number of nitrogens with zero attached hydrogens (tertiary/aromatic N) is 1. The van der Waals surface area contributed by atoms with Crippen LogP contribution >= 0.6 is 0 Å². The van der Waals surface area contributed by atoms with Gasteiger partial charge in [0.15, 0.2) is 6.61 Å². The number of para-hydroxylation sites is 1. The summed E-state index contributed by atoms with van der Waals surface area (Å²) in [6.07, 6.45) is 0.925. The SMILES string of the molecule is Cc1ccc2c(c1)CCN2C(=O)COc1ccccc1. The van der Waals surface area contributed by atoms with Crippen molar-refractivity contribution < 1.29 is 9.53 Å². The number of benzene rings is 2. The fourth-order valence-corrected chi connectivity index (χ4v) is 2.53. The minimum Gasteiger partial charge on any atom is -0.484 e. The van der Waals surface area contributed by atoms with E-state index in [0.29, 0.717) is 0 Å². The second-order valence-electron chi connectivity index (χ2n) is 5.03. The third-order valence-corrected chi connectivity index (χ3v) is 3.54. The van der Waals surface area contributed by atoms with E-state index in [-0.39, 0.29) is 12.5 Å². The Balaban J connectivity index is 1.68. The number of carbonyl (C=O) groups is 1. The van der Waals surface area contributed by atoms with E-state index in [1.54, 1.807) is 0 Å². The van der Waals surface area contributed by atoms with Gasteiger partial charge >= 0.3 is 0 Å². The minimum absolute atomic E-state index is 0.0106. The van der Waals surface area contributed by atoms with Crippen LogP contribution in [-0.2, 0) is 11.2 Å². The zero-order valence-corrected chi connectivity index (χ0v) is 11.5. The molecule has 0 bridgehead atoms. The van der Waals surface area contributed by atoms with Crippen molar-refractivity contribution in [1.29, 1.82) is 0 Å². The molecule has 0 aliphatic carbocycles. The number of ether oxygens (including phenoxy) is 1. The maximum Gasteiger partial charge on any atom is 0.264 e. The number of rotatable bonds is 3. The first-order valence-electron chi connectivity index (χ1n) is 6.82. The number of hydrogen-bond acceptors (Lipinski definition) is 2. The molecular weight excluding hydrogens is 250 g/mol. The third-order valence-electron chi connectivity index (χ3n) is 3.54. The second-order valence-corrected chi connectivity index (χ2v) is 5.03. The number of fused-ring (bicyclic) bond motifs is 1. The molecule has 20 heavy (non-hydrogen) atoms. The van der Waals surface area contributed by atoms with Gasteiger partial charge in [-0.05, 0) is 37.1 Å². The third kappa shape index (κ3) is 2.52. The molecule has 3 nitrogen and oxygen atoms in total. The molecule has 1 amide bonds. The predicted molar refractivity (Wildman–Crippen MR) is 79.2 cm³/mol. The van der Waals surface area contributed by atoms with Gasteiger partial charge in [-0.2, -0.15) is 0 Å². The lowest BCUT2D eigenvalue weighted by Gasteiger charge is -2.17. The van der Waals surface area contributed by atoms with Gasteiger partial charge in [-0.25, -0.2) is 0 Å². The first kappa shape index (κ1) is 12.7. The summed E-state index contributed by atoms with van der Waals surface area (Å²) in [6.45, 7) is 2.90. The highest BCUT2D eigenvalue weighted by molar-refractivity contribution is 5.96. The summed E-state index contributed by atoms with van der Waals surface area (Å²) in [6, 6.07) is 15.7. The summed E-state index contributed by atoms with van der Waals surface area (Å²) in [4.78, 5) is 14.1.